The molecule has 0 aromatic heterocycles. The standard InChI is InChI=1S/C18H16NP.6CH3.2Sn/c20-18-13-11-17(12-14-18)19(15-7-3-1-4-8-15)16-9-5-2-6-10-16;;;;;;;;/h1-14H,20H2;6*1H3;;. The molecular formula is C24H34NPSn2. The van der Waals surface area contributed by atoms with E-state index < -0.39 is 39.5 Å². The second-order valence-corrected chi connectivity index (χ2v) is 25.4. The molecule has 1 nitrogen and oxygen atoms in total. The monoisotopic (exact) mass is 607 g/mol. The van der Waals surface area contributed by atoms with Crippen LogP contribution in [0.25, 0.3) is 0 Å². The van der Waals surface area contributed by atoms with Gasteiger partial charge in [0.15, 0.2) is 0 Å². The van der Waals surface area contributed by atoms with Gasteiger partial charge in [-0.05, 0) is 41.7 Å². The maximum absolute atomic E-state index is 2.72. The number of hydrogen-bond acceptors (Lipinski definition) is 1. The van der Waals surface area contributed by atoms with Gasteiger partial charge in [-0.3, -0.25) is 0 Å². The van der Waals surface area contributed by atoms with E-state index in [1.54, 1.807) is 0 Å². The van der Waals surface area contributed by atoms with E-state index in [9.17, 15) is 0 Å². The molecule has 148 valence electrons. The van der Waals surface area contributed by atoms with Crippen molar-refractivity contribution < 1.29 is 0 Å². The predicted octanol–water partition coefficient (Wildman–Crippen LogP) is 7.40. The third-order valence-corrected chi connectivity index (χ3v) is 3.56. The number of rotatable bonds is 3. The van der Waals surface area contributed by atoms with Crippen LogP contribution in [-0.4, -0.2) is 39.5 Å². The average Bonchev–Trinajstić information content (AvgIpc) is 2.64. The molecule has 0 saturated carbocycles. The third-order valence-electron chi connectivity index (χ3n) is 3.18. The Labute approximate surface area is 189 Å². The van der Waals surface area contributed by atoms with E-state index in [1.165, 1.54) is 5.30 Å². The van der Waals surface area contributed by atoms with E-state index in [0.717, 1.165) is 17.1 Å². The van der Waals surface area contributed by atoms with Crippen LogP contribution in [0.3, 0.4) is 0 Å². The number of anilines is 3. The summed E-state index contributed by atoms with van der Waals surface area (Å²) in [6, 6.07) is 29.3. The minimum absolute atomic E-state index is 0.543. The summed E-state index contributed by atoms with van der Waals surface area (Å²) in [6.45, 7) is 0. The van der Waals surface area contributed by atoms with Crippen molar-refractivity contribution in [3.63, 3.8) is 0 Å². The topological polar surface area (TPSA) is 3.24 Å². The Morgan fingerprint density at radius 1 is 0.500 bits per heavy atom. The maximum atomic E-state index is 2.72. The fourth-order valence-electron chi connectivity index (χ4n) is 2.22. The summed E-state index contributed by atoms with van der Waals surface area (Å²) in [7, 11) is 2.72. The van der Waals surface area contributed by atoms with Gasteiger partial charge in [0.25, 0.3) is 0 Å². The van der Waals surface area contributed by atoms with Gasteiger partial charge in [0.1, 0.15) is 0 Å². The van der Waals surface area contributed by atoms with Crippen molar-refractivity contribution in [2.45, 2.75) is 29.6 Å². The number of benzene rings is 3. The molecule has 0 heterocycles. The molecule has 1 unspecified atom stereocenters. The Balaban J connectivity index is 0.000000420. The molecule has 3 aromatic carbocycles. The van der Waals surface area contributed by atoms with Gasteiger partial charge < -0.3 is 4.90 Å². The molecule has 0 aliphatic carbocycles. The summed E-state index contributed by atoms with van der Waals surface area (Å²) < 4.78 is 0. The molecule has 28 heavy (non-hydrogen) atoms. The third kappa shape index (κ3) is 10.9. The first-order valence-corrected chi connectivity index (χ1v) is 27.3. The van der Waals surface area contributed by atoms with Crippen LogP contribution in [0.1, 0.15) is 0 Å². The van der Waals surface area contributed by atoms with Crippen LogP contribution >= 0.6 is 9.24 Å². The predicted molar refractivity (Wildman–Crippen MR) is 137 cm³/mol. The Kier molecular flexibility index (Phi) is 13.2. The molecule has 0 spiro atoms. The first kappa shape index (κ1) is 25.5. The van der Waals surface area contributed by atoms with Gasteiger partial charge in [-0.25, -0.2) is 0 Å². The zero-order chi connectivity index (χ0) is 20.9. The molecule has 3 aromatic rings. The zero-order valence-corrected chi connectivity index (χ0v) is 25.0. The van der Waals surface area contributed by atoms with E-state index in [0.29, 0.717) is 0 Å². The van der Waals surface area contributed by atoms with E-state index in [2.05, 4.69) is 117 Å². The molecule has 1 atom stereocenters. The van der Waals surface area contributed by atoms with Gasteiger partial charge >= 0.3 is 69.2 Å². The van der Waals surface area contributed by atoms with Gasteiger partial charge in [0, 0.05) is 17.1 Å². The Bertz CT molecular complexity index is 709. The normalized spacial score (nSPS) is 9.89. The van der Waals surface area contributed by atoms with Crippen LogP contribution in [0.15, 0.2) is 84.9 Å². The van der Waals surface area contributed by atoms with Crippen LogP contribution in [0.4, 0.5) is 17.1 Å². The molecule has 0 fully saturated rings. The van der Waals surface area contributed by atoms with Crippen molar-refractivity contribution in [2.75, 3.05) is 4.90 Å². The van der Waals surface area contributed by atoms with Crippen molar-refractivity contribution in [3.05, 3.63) is 84.9 Å². The zero-order valence-electron chi connectivity index (χ0n) is 18.1. The van der Waals surface area contributed by atoms with Gasteiger partial charge in [-0.2, -0.15) is 0 Å². The van der Waals surface area contributed by atoms with E-state index >= 15 is 0 Å². The summed E-state index contributed by atoms with van der Waals surface area (Å²) in [5, 5.41) is 1.19. The molecular weight excluding hydrogens is 571 g/mol. The Hall–Kier alpha value is -0.513. The molecule has 3 rings (SSSR count). The summed E-state index contributed by atoms with van der Waals surface area (Å²) >= 11 is -1.09. The molecule has 2 radical (unpaired) electrons. The van der Waals surface area contributed by atoms with Crippen LogP contribution in [0.2, 0.25) is 29.6 Å². The fraction of sp³-hybridized carbons (Fsp3) is 0.250. The molecule has 0 N–H and O–H groups in total. The second-order valence-electron chi connectivity index (χ2n) is 7.60. The van der Waals surface area contributed by atoms with Gasteiger partial charge in [0.05, 0.1) is 0 Å². The van der Waals surface area contributed by atoms with Crippen molar-refractivity contribution in [1.82, 2.24) is 0 Å². The van der Waals surface area contributed by atoms with E-state index in [1.807, 2.05) is 12.1 Å². The summed E-state index contributed by atoms with van der Waals surface area (Å²) in [6.07, 6.45) is 0. The van der Waals surface area contributed by atoms with Crippen molar-refractivity contribution in [1.29, 1.82) is 0 Å². The summed E-state index contributed by atoms with van der Waals surface area (Å²) in [5.74, 6) is 0. The van der Waals surface area contributed by atoms with Crippen LogP contribution in [-0.2, 0) is 0 Å². The SMILES string of the molecule is Pc1ccc(N(c2ccccc2)c2ccccc2)cc1.[CH3][Sn]([CH3])[CH3].[CH3][Sn]([CH3])[CH3]. The van der Waals surface area contributed by atoms with Gasteiger partial charge in [-0.1, -0.05) is 48.5 Å². The Morgan fingerprint density at radius 3 is 1.11 bits per heavy atom. The van der Waals surface area contributed by atoms with Gasteiger partial charge in [0.2, 0.25) is 0 Å². The second kappa shape index (κ2) is 14.5. The van der Waals surface area contributed by atoms with Crippen molar-refractivity contribution >= 4 is 71.1 Å². The minimum atomic E-state index is -0.543. The number of hydrogen-bond donors (Lipinski definition) is 0. The fourth-order valence-corrected chi connectivity index (χ4v) is 2.42. The quantitative estimate of drug-likeness (QED) is 0.223. The van der Waals surface area contributed by atoms with Crippen LogP contribution in [0, 0.1) is 0 Å². The molecule has 4 heteroatoms. The Morgan fingerprint density at radius 2 is 0.786 bits per heavy atom. The van der Waals surface area contributed by atoms with Crippen LogP contribution in [0.5, 0.6) is 0 Å². The van der Waals surface area contributed by atoms with E-state index in [4.69, 9.17) is 0 Å². The molecule has 0 amide bonds. The van der Waals surface area contributed by atoms with E-state index in [-0.39, 0.29) is 0 Å². The van der Waals surface area contributed by atoms with Gasteiger partial charge in [-0.15, -0.1) is 9.24 Å². The average molecular weight is 605 g/mol. The molecule has 0 saturated heterocycles. The van der Waals surface area contributed by atoms with Crippen molar-refractivity contribution in [2.24, 2.45) is 0 Å². The number of para-hydroxylation sites is 2. The first-order valence-electron chi connectivity index (χ1n) is 9.60. The summed E-state index contributed by atoms with van der Waals surface area (Å²) in [4.78, 5) is 16.4. The number of nitrogens with zero attached hydrogens (tertiary/aromatic N) is 1. The van der Waals surface area contributed by atoms with Crippen molar-refractivity contribution in [3.8, 4) is 0 Å². The summed E-state index contributed by atoms with van der Waals surface area (Å²) in [5.41, 5.74) is 3.49. The molecule has 0 aliphatic rings. The first-order chi connectivity index (χ1) is 13.3. The molecule has 0 aliphatic heterocycles. The molecule has 0 bridgehead atoms. The van der Waals surface area contributed by atoms with Crippen LogP contribution < -0.4 is 10.2 Å².